The fraction of sp³-hybridized carbons (Fsp3) is 0.391. The Morgan fingerprint density at radius 1 is 1.07 bits per heavy atom. The molecule has 162 valence electrons. The maximum atomic E-state index is 13.0. The van der Waals surface area contributed by atoms with E-state index in [9.17, 15) is 9.59 Å². The summed E-state index contributed by atoms with van der Waals surface area (Å²) in [5.74, 6) is 0.791. The van der Waals surface area contributed by atoms with Crippen molar-refractivity contribution in [1.29, 1.82) is 0 Å². The molecule has 0 saturated heterocycles. The third-order valence-electron chi connectivity index (χ3n) is 4.51. The van der Waals surface area contributed by atoms with Crippen LogP contribution in [0.5, 0.6) is 11.5 Å². The highest BCUT2D eigenvalue weighted by Crippen LogP contribution is 2.26. The van der Waals surface area contributed by atoms with Crippen LogP contribution >= 0.6 is 11.6 Å². The minimum Gasteiger partial charge on any atom is -0.493 e. The fourth-order valence-electron chi connectivity index (χ4n) is 2.83. The highest BCUT2D eigenvalue weighted by Gasteiger charge is 2.26. The maximum Gasteiger partial charge on any atom is 0.261 e. The number of halogens is 1. The van der Waals surface area contributed by atoms with Gasteiger partial charge in [0.1, 0.15) is 6.04 Å². The zero-order valence-corrected chi connectivity index (χ0v) is 18.6. The number of rotatable bonds is 10. The molecule has 0 radical (unpaired) electrons. The number of amides is 2. The van der Waals surface area contributed by atoms with Crippen LogP contribution in [-0.2, 0) is 16.1 Å². The van der Waals surface area contributed by atoms with Crippen molar-refractivity contribution in [2.45, 2.75) is 33.4 Å². The lowest BCUT2D eigenvalue weighted by Crippen LogP contribution is -2.49. The second kappa shape index (κ2) is 11.5. The molecule has 0 unspecified atom stereocenters. The number of para-hydroxylation sites is 2. The molecule has 0 heterocycles. The largest absolute Gasteiger partial charge is 0.493 e. The Morgan fingerprint density at radius 3 is 2.40 bits per heavy atom. The van der Waals surface area contributed by atoms with Gasteiger partial charge in [-0.1, -0.05) is 49.7 Å². The Hall–Kier alpha value is -2.73. The summed E-state index contributed by atoms with van der Waals surface area (Å²) in [6.07, 6.45) is 0. The zero-order valence-electron chi connectivity index (χ0n) is 17.9. The molecule has 0 aliphatic carbocycles. The molecule has 0 aromatic heterocycles. The number of methoxy groups -OCH3 is 1. The molecule has 6 nitrogen and oxygen atoms in total. The molecule has 0 spiro atoms. The maximum absolute atomic E-state index is 13.0. The van der Waals surface area contributed by atoms with Crippen LogP contribution in [0.25, 0.3) is 0 Å². The zero-order chi connectivity index (χ0) is 22.1. The van der Waals surface area contributed by atoms with Crippen LogP contribution in [-0.4, -0.2) is 43.0 Å². The molecule has 0 bridgehead atoms. The molecule has 30 heavy (non-hydrogen) atoms. The third kappa shape index (κ3) is 6.95. The molecule has 1 atom stereocenters. The number of benzene rings is 2. The number of hydrogen-bond donors (Lipinski definition) is 1. The van der Waals surface area contributed by atoms with E-state index in [1.807, 2.05) is 32.0 Å². The first-order valence-corrected chi connectivity index (χ1v) is 10.3. The van der Waals surface area contributed by atoms with Gasteiger partial charge in [0.25, 0.3) is 5.91 Å². The van der Waals surface area contributed by atoms with Crippen molar-refractivity contribution in [3.05, 3.63) is 59.1 Å². The Labute approximate surface area is 183 Å². The molecule has 0 fully saturated rings. The predicted octanol–water partition coefficient (Wildman–Crippen LogP) is 3.92. The molecule has 2 rings (SSSR count). The molecule has 0 saturated carbocycles. The van der Waals surface area contributed by atoms with Crippen LogP contribution in [0.4, 0.5) is 0 Å². The SMILES string of the molecule is COc1ccccc1OCC(=O)N(Cc1cccc(Cl)c1)[C@H](C)C(=O)NCC(C)C. The summed E-state index contributed by atoms with van der Waals surface area (Å²) >= 11 is 6.09. The highest BCUT2D eigenvalue weighted by atomic mass is 35.5. The molecule has 0 aliphatic heterocycles. The number of carbonyl (C=O) groups excluding carboxylic acids is 2. The molecule has 0 aliphatic rings. The smallest absolute Gasteiger partial charge is 0.261 e. The summed E-state index contributed by atoms with van der Waals surface area (Å²) in [6.45, 7) is 6.30. The van der Waals surface area contributed by atoms with Crippen LogP contribution in [0.1, 0.15) is 26.3 Å². The standard InChI is InChI=1S/C23H29ClN2O4/c1-16(2)13-25-23(28)17(3)26(14-18-8-7-9-19(24)12-18)22(27)15-30-21-11-6-5-10-20(21)29-4/h5-12,16-17H,13-15H2,1-4H3,(H,25,28)/t17-/m1/s1. The average Bonchev–Trinajstić information content (AvgIpc) is 2.73. The number of nitrogens with zero attached hydrogens (tertiary/aromatic N) is 1. The van der Waals surface area contributed by atoms with Crippen molar-refractivity contribution >= 4 is 23.4 Å². The lowest BCUT2D eigenvalue weighted by molar-refractivity contribution is -0.142. The summed E-state index contributed by atoms with van der Waals surface area (Å²) in [5.41, 5.74) is 0.830. The van der Waals surface area contributed by atoms with Crippen molar-refractivity contribution in [2.24, 2.45) is 5.92 Å². The van der Waals surface area contributed by atoms with E-state index < -0.39 is 6.04 Å². The minimum atomic E-state index is -0.670. The quantitative estimate of drug-likeness (QED) is 0.618. The molecule has 1 N–H and O–H groups in total. The Bertz CT molecular complexity index is 857. The van der Waals surface area contributed by atoms with Crippen molar-refractivity contribution < 1.29 is 19.1 Å². The highest BCUT2D eigenvalue weighted by molar-refractivity contribution is 6.30. The van der Waals surface area contributed by atoms with Gasteiger partial charge >= 0.3 is 0 Å². The lowest BCUT2D eigenvalue weighted by Gasteiger charge is -2.29. The molecular weight excluding hydrogens is 404 g/mol. The van der Waals surface area contributed by atoms with Gasteiger partial charge in [0.2, 0.25) is 5.91 Å². The molecule has 2 aromatic rings. The normalized spacial score (nSPS) is 11.7. The van der Waals surface area contributed by atoms with Gasteiger partial charge in [-0.15, -0.1) is 0 Å². The number of hydrogen-bond acceptors (Lipinski definition) is 4. The Morgan fingerprint density at radius 2 is 1.77 bits per heavy atom. The van der Waals surface area contributed by atoms with Crippen LogP contribution in [0, 0.1) is 5.92 Å². The van der Waals surface area contributed by atoms with E-state index in [1.54, 1.807) is 37.3 Å². The number of ether oxygens (including phenoxy) is 2. The second-order valence-corrected chi connectivity index (χ2v) is 7.84. The summed E-state index contributed by atoms with van der Waals surface area (Å²) in [6, 6.07) is 13.7. The first-order valence-electron chi connectivity index (χ1n) is 9.89. The second-order valence-electron chi connectivity index (χ2n) is 7.41. The van der Waals surface area contributed by atoms with Gasteiger partial charge in [0.15, 0.2) is 18.1 Å². The van der Waals surface area contributed by atoms with E-state index in [4.69, 9.17) is 21.1 Å². The van der Waals surface area contributed by atoms with Gasteiger partial charge in [0, 0.05) is 18.1 Å². The molecular formula is C23H29ClN2O4. The van der Waals surface area contributed by atoms with Gasteiger partial charge in [-0.25, -0.2) is 0 Å². The van der Waals surface area contributed by atoms with Gasteiger partial charge in [-0.3, -0.25) is 9.59 Å². The molecule has 2 aromatic carbocycles. The fourth-order valence-corrected chi connectivity index (χ4v) is 3.04. The Balaban J connectivity index is 2.16. The van der Waals surface area contributed by atoms with Crippen molar-refractivity contribution in [2.75, 3.05) is 20.3 Å². The average molecular weight is 433 g/mol. The van der Waals surface area contributed by atoms with E-state index in [0.717, 1.165) is 5.56 Å². The third-order valence-corrected chi connectivity index (χ3v) is 4.75. The van der Waals surface area contributed by atoms with Crippen LogP contribution < -0.4 is 14.8 Å². The lowest BCUT2D eigenvalue weighted by atomic mass is 10.1. The monoisotopic (exact) mass is 432 g/mol. The first-order chi connectivity index (χ1) is 14.3. The molecule has 7 heteroatoms. The van der Waals surface area contributed by atoms with Gasteiger partial charge in [-0.05, 0) is 42.7 Å². The van der Waals surface area contributed by atoms with Crippen LogP contribution in [0.15, 0.2) is 48.5 Å². The summed E-state index contributed by atoms with van der Waals surface area (Å²) in [5, 5.41) is 3.46. The van der Waals surface area contributed by atoms with Gasteiger partial charge in [-0.2, -0.15) is 0 Å². The van der Waals surface area contributed by atoms with E-state index >= 15 is 0 Å². The Kier molecular flexibility index (Phi) is 8.99. The summed E-state index contributed by atoms with van der Waals surface area (Å²) in [4.78, 5) is 27.2. The molecule has 2 amide bonds. The van der Waals surface area contributed by atoms with Crippen LogP contribution in [0.2, 0.25) is 5.02 Å². The van der Waals surface area contributed by atoms with Crippen molar-refractivity contribution in [3.63, 3.8) is 0 Å². The summed E-state index contributed by atoms with van der Waals surface area (Å²) < 4.78 is 10.9. The van der Waals surface area contributed by atoms with E-state index in [1.165, 1.54) is 12.0 Å². The predicted molar refractivity (Wildman–Crippen MR) is 118 cm³/mol. The van der Waals surface area contributed by atoms with Crippen molar-refractivity contribution in [1.82, 2.24) is 10.2 Å². The van der Waals surface area contributed by atoms with Gasteiger partial charge in [0.05, 0.1) is 7.11 Å². The topological polar surface area (TPSA) is 67.9 Å². The summed E-state index contributed by atoms with van der Waals surface area (Å²) in [7, 11) is 1.54. The van der Waals surface area contributed by atoms with Crippen molar-refractivity contribution in [3.8, 4) is 11.5 Å². The van der Waals surface area contributed by atoms with Gasteiger partial charge < -0.3 is 19.7 Å². The van der Waals surface area contributed by atoms with E-state index in [0.29, 0.717) is 29.0 Å². The first kappa shape index (κ1) is 23.5. The van der Waals surface area contributed by atoms with E-state index in [2.05, 4.69) is 5.32 Å². The van der Waals surface area contributed by atoms with E-state index in [-0.39, 0.29) is 25.0 Å². The number of carbonyl (C=O) groups is 2. The number of nitrogens with one attached hydrogen (secondary N) is 1. The minimum absolute atomic E-state index is 0.212. The van der Waals surface area contributed by atoms with Crippen LogP contribution in [0.3, 0.4) is 0 Å².